The zero-order valence-corrected chi connectivity index (χ0v) is 23.9. The average Bonchev–Trinajstić information content (AvgIpc) is 2.87. The minimum Gasteiger partial charge on any atom is -0.355 e. The Morgan fingerprint density at radius 2 is 1.55 bits per heavy atom. The highest BCUT2D eigenvalue weighted by Crippen LogP contribution is 2.30. The molecular formula is C28H31Cl2N3O4S. The van der Waals surface area contributed by atoms with E-state index in [0.29, 0.717) is 13.0 Å². The molecule has 1 atom stereocenters. The molecule has 202 valence electrons. The number of benzene rings is 3. The third-order valence-electron chi connectivity index (χ3n) is 6.03. The van der Waals surface area contributed by atoms with E-state index < -0.39 is 28.5 Å². The normalized spacial score (nSPS) is 12.0. The van der Waals surface area contributed by atoms with Gasteiger partial charge in [-0.1, -0.05) is 71.2 Å². The first kappa shape index (κ1) is 29.5. The smallest absolute Gasteiger partial charge is 0.264 e. The fourth-order valence-electron chi connectivity index (χ4n) is 3.94. The van der Waals surface area contributed by atoms with Crippen LogP contribution in [-0.4, -0.2) is 50.8 Å². The minimum absolute atomic E-state index is 0.0135. The van der Waals surface area contributed by atoms with E-state index in [2.05, 4.69) is 5.32 Å². The summed E-state index contributed by atoms with van der Waals surface area (Å²) in [6, 6.07) is 19.4. The Bertz CT molecular complexity index is 1350. The molecule has 0 saturated heterocycles. The van der Waals surface area contributed by atoms with Gasteiger partial charge in [-0.3, -0.25) is 13.9 Å². The first-order chi connectivity index (χ1) is 18.0. The molecule has 0 unspecified atom stereocenters. The van der Waals surface area contributed by atoms with Crippen LogP contribution >= 0.6 is 23.2 Å². The zero-order valence-electron chi connectivity index (χ0n) is 21.5. The van der Waals surface area contributed by atoms with Crippen molar-refractivity contribution >= 4 is 50.7 Å². The largest absolute Gasteiger partial charge is 0.355 e. The first-order valence-corrected chi connectivity index (χ1v) is 14.4. The molecule has 2 amide bonds. The number of carbonyl (C=O) groups excluding carboxylic acids is 2. The summed E-state index contributed by atoms with van der Waals surface area (Å²) in [5, 5.41) is 3.19. The number of carbonyl (C=O) groups is 2. The lowest BCUT2D eigenvalue weighted by Gasteiger charge is -2.32. The Hall–Kier alpha value is -3.07. The zero-order chi connectivity index (χ0) is 27.9. The van der Waals surface area contributed by atoms with Crippen molar-refractivity contribution in [2.45, 2.75) is 38.1 Å². The number of halogens is 2. The topological polar surface area (TPSA) is 86.8 Å². The molecule has 0 saturated carbocycles. The number of hydrogen-bond acceptors (Lipinski definition) is 4. The molecule has 0 bridgehead atoms. The summed E-state index contributed by atoms with van der Waals surface area (Å²) in [6.07, 6.45) is 0.490. The molecule has 3 rings (SSSR count). The second-order valence-corrected chi connectivity index (χ2v) is 11.6. The number of amides is 2. The van der Waals surface area contributed by atoms with Crippen molar-refractivity contribution in [3.63, 3.8) is 0 Å². The fourth-order valence-corrected chi connectivity index (χ4v) is 5.85. The van der Waals surface area contributed by atoms with Crippen LogP contribution in [0.5, 0.6) is 0 Å². The summed E-state index contributed by atoms with van der Waals surface area (Å²) in [7, 11) is -4.19. The number of hydrogen-bond donors (Lipinski definition) is 1. The van der Waals surface area contributed by atoms with E-state index in [1.165, 1.54) is 35.2 Å². The standard InChI is InChI=1S/C28H31Cl2N3O4S/c1-4-31-28(35)21(3)32(15-14-22-8-6-5-7-9-22)27(34)19-33(25-17-23(29)16-24(30)18-25)38(36,37)26-12-10-20(2)11-13-26/h5-13,16-18,21H,4,14-15,19H2,1-3H3,(H,31,35)/t21-/m1/s1. The van der Waals surface area contributed by atoms with Crippen LogP contribution in [0, 0.1) is 6.92 Å². The number of anilines is 1. The van der Waals surface area contributed by atoms with Crippen molar-refractivity contribution in [1.82, 2.24) is 10.2 Å². The van der Waals surface area contributed by atoms with Gasteiger partial charge in [0.25, 0.3) is 10.0 Å². The van der Waals surface area contributed by atoms with Gasteiger partial charge in [0.2, 0.25) is 11.8 Å². The van der Waals surface area contributed by atoms with Gasteiger partial charge in [-0.2, -0.15) is 0 Å². The Morgan fingerprint density at radius 1 is 0.947 bits per heavy atom. The Morgan fingerprint density at radius 3 is 2.13 bits per heavy atom. The molecule has 0 spiro atoms. The predicted molar refractivity (Wildman–Crippen MR) is 152 cm³/mol. The number of nitrogens with one attached hydrogen (secondary N) is 1. The SMILES string of the molecule is CCNC(=O)[C@@H](C)N(CCc1ccccc1)C(=O)CN(c1cc(Cl)cc(Cl)c1)S(=O)(=O)c1ccc(C)cc1. The number of likely N-dealkylation sites (N-methyl/N-ethyl adjacent to an activating group) is 1. The summed E-state index contributed by atoms with van der Waals surface area (Å²) in [5.74, 6) is -0.862. The summed E-state index contributed by atoms with van der Waals surface area (Å²) < 4.78 is 28.6. The quantitative estimate of drug-likeness (QED) is 0.345. The van der Waals surface area contributed by atoms with Crippen LogP contribution in [0.25, 0.3) is 0 Å². The van der Waals surface area contributed by atoms with Crippen LogP contribution in [0.1, 0.15) is 25.0 Å². The molecule has 0 aliphatic rings. The van der Waals surface area contributed by atoms with E-state index in [4.69, 9.17) is 23.2 Å². The summed E-state index contributed by atoms with van der Waals surface area (Å²) in [4.78, 5) is 27.9. The molecule has 0 aromatic heterocycles. The van der Waals surface area contributed by atoms with Gasteiger partial charge in [-0.25, -0.2) is 8.42 Å². The fraction of sp³-hybridized carbons (Fsp3) is 0.286. The van der Waals surface area contributed by atoms with E-state index in [1.807, 2.05) is 37.3 Å². The molecule has 0 aliphatic carbocycles. The first-order valence-electron chi connectivity index (χ1n) is 12.2. The number of rotatable bonds is 11. The van der Waals surface area contributed by atoms with Crippen LogP contribution in [0.4, 0.5) is 5.69 Å². The van der Waals surface area contributed by atoms with Crippen LogP contribution in [0.3, 0.4) is 0 Å². The lowest BCUT2D eigenvalue weighted by atomic mass is 10.1. The van der Waals surface area contributed by atoms with Crippen LogP contribution in [0.2, 0.25) is 10.0 Å². The van der Waals surface area contributed by atoms with E-state index in [9.17, 15) is 18.0 Å². The van der Waals surface area contributed by atoms with Gasteiger partial charge in [-0.05, 0) is 63.1 Å². The Labute approximate surface area is 234 Å². The maximum Gasteiger partial charge on any atom is 0.264 e. The lowest BCUT2D eigenvalue weighted by molar-refractivity contribution is -0.138. The van der Waals surface area contributed by atoms with Crippen molar-refractivity contribution < 1.29 is 18.0 Å². The molecule has 3 aromatic carbocycles. The van der Waals surface area contributed by atoms with Crippen molar-refractivity contribution in [2.75, 3.05) is 23.9 Å². The molecular weight excluding hydrogens is 545 g/mol. The van der Waals surface area contributed by atoms with E-state index >= 15 is 0 Å². The van der Waals surface area contributed by atoms with Crippen molar-refractivity contribution in [1.29, 1.82) is 0 Å². The second kappa shape index (κ2) is 13.1. The van der Waals surface area contributed by atoms with E-state index in [1.54, 1.807) is 26.0 Å². The van der Waals surface area contributed by atoms with Crippen molar-refractivity contribution in [2.24, 2.45) is 0 Å². The van der Waals surface area contributed by atoms with E-state index in [-0.39, 0.29) is 33.1 Å². The lowest BCUT2D eigenvalue weighted by Crippen LogP contribution is -2.52. The Balaban J connectivity index is 2.01. The van der Waals surface area contributed by atoms with Gasteiger partial charge in [0.15, 0.2) is 0 Å². The highest BCUT2D eigenvalue weighted by atomic mass is 35.5. The van der Waals surface area contributed by atoms with Gasteiger partial charge in [-0.15, -0.1) is 0 Å². The highest BCUT2D eigenvalue weighted by molar-refractivity contribution is 7.92. The monoisotopic (exact) mass is 575 g/mol. The Kier molecular flexibility index (Phi) is 10.2. The summed E-state index contributed by atoms with van der Waals surface area (Å²) >= 11 is 12.4. The van der Waals surface area contributed by atoms with Crippen LogP contribution in [-0.2, 0) is 26.0 Å². The molecule has 10 heteroatoms. The van der Waals surface area contributed by atoms with Gasteiger partial charge >= 0.3 is 0 Å². The van der Waals surface area contributed by atoms with Gasteiger partial charge in [0.1, 0.15) is 12.6 Å². The third-order valence-corrected chi connectivity index (χ3v) is 8.25. The molecule has 0 heterocycles. The van der Waals surface area contributed by atoms with Gasteiger partial charge in [0, 0.05) is 23.1 Å². The molecule has 0 radical (unpaired) electrons. The minimum atomic E-state index is -4.19. The second-order valence-electron chi connectivity index (χ2n) is 8.85. The van der Waals surface area contributed by atoms with Crippen molar-refractivity contribution in [3.8, 4) is 0 Å². The third kappa shape index (κ3) is 7.49. The molecule has 0 aliphatic heterocycles. The summed E-state index contributed by atoms with van der Waals surface area (Å²) in [6.45, 7) is 5.34. The van der Waals surface area contributed by atoms with Crippen molar-refractivity contribution in [3.05, 3.63) is 94.0 Å². The molecule has 3 aromatic rings. The van der Waals surface area contributed by atoms with Gasteiger partial charge < -0.3 is 10.2 Å². The summed E-state index contributed by atoms with van der Waals surface area (Å²) in [5.41, 5.74) is 2.02. The number of aryl methyl sites for hydroxylation is 1. The molecule has 1 N–H and O–H groups in total. The maximum absolute atomic E-state index is 13.8. The molecule has 0 fully saturated rings. The average molecular weight is 577 g/mol. The molecule has 7 nitrogen and oxygen atoms in total. The number of sulfonamides is 1. The van der Waals surface area contributed by atoms with E-state index in [0.717, 1.165) is 15.4 Å². The number of nitrogens with zero attached hydrogens (tertiary/aromatic N) is 2. The van der Waals surface area contributed by atoms with Gasteiger partial charge in [0.05, 0.1) is 10.6 Å². The maximum atomic E-state index is 13.8. The highest BCUT2D eigenvalue weighted by Gasteiger charge is 2.32. The van der Waals surface area contributed by atoms with Crippen LogP contribution in [0.15, 0.2) is 77.7 Å². The molecule has 38 heavy (non-hydrogen) atoms. The van der Waals surface area contributed by atoms with Crippen LogP contribution < -0.4 is 9.62 Å². The predicted octanol–water partition coefficient (Wildman–Crippen LogP) is 5.09.